The van der Waals surface area contributed by atoms with E-state index in [1.807, 2.05) is 18.7 Å². The Balaban J connectivity index is 1.77. The topological polar surface area (TPSA) is 25.2 Å². The molecule has 1 amide bonds. The van der Waals surface area contributed by atoms with E-state index in [1.54, 1.807) is 0 Å². The van der Waals surface area contributed by atoms with Gasteiger partial charge in [-0.1, -0.05) is 32.0 Å². The molecule has 0 saturated carbocycles. The SMILES string of the molecule is CC(C)C(=O)N1CCC(c2cc3ccccc3n2C)CC1. The third-order valence-corrected chi connectivity index (χ3v) is 4.71. The van der Waals surface area contributed by atoms with Crippen LogP contribution in [0.3, 0.4) is 0 Å². The number of aromatic nitrogens is 1. The van der Waals surface area contributed by atoms with Crippen LogP contribution >= 0.6 is 0 Å². The summed E-state index contributed by atoms with van der Waals surface area (Å²) < 4.78 is 2.32. The van der Waals surface area contributed by atoms with Gasteiger partial charge in [0.1, 0.15) is 0 Å². The minimum absolute atomic E-state index is 0.110. The van der Waals surface area contributed by atoms with Crippen molar-refractivity contribution >= 4 is 16.8 Å². The summed E-state index contributed by atoms with van der Waals surface area (Å²) in [6.07, 6.45) is 2.14. The van der Waals surface area contributed by atoms with Crippen LogP contribution in [0.1, 0.15) is 38.3 Å². The Morgan fingerprint density at radius 3 is 2.48 bits per heavy atom. The fourth-order valence-electron chi connectivity index (χ4n) is 3.46. The van der Waals surface area contributed by atoms with Crippen LogP contribution in [0, 0.1) is 5.92 Å². The Morgan fingerprint density at radius 1 is 1.19 bits per heavy atom. The smallest absolute Gasteiger partial charge is 0.225 e. The zero-order chi connectivity index (χ0) is 15.0. The van der Waals surface area contributed by atoms with Gasteiger partial charge >= 0.3 is 0 Å². The number of carbonyl (C=O) groups is 1. The van der Waals surface area contributed by atoms with Gasteiger partial charge in [-0.25, -0.2) is 0 Å². The van der Waals surface area contributed by atoms with Crippen molar-refractivity contribution in [2.45, 2.75) is 32.6 Å². The van der Waals surface area contributed by atoms with Crippen molar-refractivity contribution < 1.29 is 4.79 Å². The number of carbonyl (C=O) groups excluding carboxylic acids is 1. The lowest BCUT2D eigenvalue weighted by atomic mass is 9.92. The number of amides is 1. The molecule has 21 heavy (non-hydrogen) atoms. The Bertz CT molecular complexity index is 648. The summed E-state index contributed by atoms with van der Waals surface area (Å²) in [5, 5.41) is 1.32. The summed E-state index contributed by atoms with van der Waals surface area (Å²) in [6, 6.07) is 10.9. The standard InChI is InChI=1S/C18H24N2O/c1-13(2)18(21)20-10-8-14(9-11-20)17-12-15-6-4-5-7-16(15)19(17)3/h4-7,12-14H,8-11H2,1-3H3. The van der Waals surface area contributed by atoms with E-state index >= 15 is 0 Å². The molecule has 2 aromatic rings. The highest BCUT2D eigenvalue weighted by Crippen LogP contribution is 2.32. The second-order valence-electron chi connectivity index (χ2n) is 6.44. The van der Waals surface area contributed by atoms with E-state index in [2.05, 4.69) is 41.9 Å². The minimum Gasteiger partial charge on any atom is -0.347 e. The number of piperidine rings is 1. The van der Waals surface area contributed by atoms with Gasteiger partial charge in [-0.15, -0.1) is 0 Å². The molecule has 0 radical (unpaired) electrons. The Kier molecular flexibility index (Phi) is 3.75. The summed E-state index contributed by atoms with van der Waals surface area (Å²) in [5.74, 6) is 0.975. The average molecular weight is 284 g/mol. The zero-order valence-corrected chi connectivity index (χ0v) is 13.2. The third-order valence-electron chi connectivity index (χ3n) is 4.71. The molecule has 1 aliphatic rings. The van der Waals surface area contributed by atoms with Crippen LogP contribution in [0.4, 0.5) is 0 Å². The number of hydrogen-bond donors (Lipinski definition) is 0. The number of fused-ring (bicyclic) bond motifs is 1. The van der Waals surface area contributed by atoms with E-state index in [4.69, 9.17) is 0 Å². The second kappa shape index (κ2) is 5.55. The molecular weight excluding hydrogens is 260 g/mol. The lowest BCUT2D eigenvalue weighted by Crippen LogP contribution is -2.40. The summed E-state index contributed by atoms with van der Waals surface area (Å²) in [7, 11) is 2.16. The molecule has 3 rings (SSSR count). The van der Waals surface area contributed by atoms with Gasteiger partial charge in [0.15, 0.2) is 0 Å². The largest absolute Gasteiger partial charge is 0.347 e. The normalized spacial score (nSPS) is 16.9. The maximum atomic E-state index is 12.1. The van der Waals surface area contributed by atoms with Gasteiger partial charge < -0.3 is 9.47 Å². The number of hydrogen-bond acceptors (Lipinski definition) is 1. The van der Waals surface area contributed by atoms with E-state index in [0.29, 0.717) is 11.8 Å². The number of aryl methyl sites for hydroxylation is 1. The van der Waals surface area contributed by atoms with Gasteiger partial charge in [0.2, 0.25) is 5.91 Å². The first-order valence-electron chi connectivity index (χ1n) is 7.91. The van der Waals surface area contributed by atoms with Gasteiger partial charge in [0.25, 0.3) is 0 Å². The molecule has 1 aliphatic heterocycles. The van der Waals surface area contributed by atoms with E-state index in [9.17, 15) is 4.79 Å². The van der Waals surface area contributed by atoms with Crippen molar-refractivity contribution in [2.24, 2.45) is 13.0 Å². The number of rotatable bonds is 2. The molecule has 2 heterocycles. The molecule has 1 aromatic heterocycles. The quantitative estimate of drug-likeness (QED) is 0.828. The van der Waals surface area contributed by atoms with Crippen molar-refractivity contribution in [1.29, 1.82) is 0 Å². The Hall–Kier alpha value is -1.77. The first-order chi connectivity index (χ1) is 10.1. The molecule has 0 unspecified atom stereocenters. The van der Waals surface area contributed by atoms with Crippen LogP contribution in [0.25, 0.3) is 10.9 Å². The molecule has 1 saturated heterocycles. The van der Waals surface area contributed by atoms with Crippen LogP contribution in [-0.4, -0.2) is 28.5 Å². The molecule has 1 aromatic carbocycles. The monoisotopic (exact) mass is 284 g/mol. The van der Waals surface area contributed by atoms with E-state index in [1.165, 1.54) is 16.6 Å². The van der Waals surface area contributed by atoms with Crippen LogP contribution in [0.2, 0.25) is 0 Å². The van der Waals surface area contributed by atoms with Gasteiger partial charge in [0, 0.05) is 43.2 Å². The molecule has 0 aliphatic carbocycles. The number of likely N-dealkylation sites (tertiary alicyclic amines) is 1. The number of nitrogens with zero attached hydrogens (tertiary/aromatic N) is 2. The highest BCUT2D eigenvalue weighted by molar-refractivity contribution is 5.81. The molecule has 0 bridgehead atoms. The minimum atomic E-state index is 0.110. The van der Waals surface area contributed by atoms with Crippen LogP contribution in [0.15, 0.2) is 30.3 Å². The molecule has 0 spiro atoms. The molecule has 3 heteroatoms. The highest BCUT2D eigenvalue weighted by atomic mass is 16.2. The molecule has 112 valence electrons. The lowest BCUT2D eigenvalue weighted by molar-refractivity contribution is -0.135. The molecule has 1 fully saturated rings. The Labute approximate surface area is 126 Å². The van der Waals surface area contributed by atoms with Crippen molar-refractivity contribution in [2.75, 3.05) is 13.1 Å². The summed E-state index contributed by atoms with van der Waals surface area (Å²) in [5.41, 5.74) is 2.71. The second-order valence-corrected chi connectivity index (χ2v) is 6.44. The zero-order valence-electron chi connectivity index (χ0n) is 13.2. The first-order valence-corrected chi connectivity index (χ1v) is 7.91. The van der Waals surface area contributed by atoms with Gasteiger partial charge in [-0.2, -0.15) is 0 Å². The van der Waals surface area contributed by atoms with Crippen molar-refractivity contribution in [3.8, 4) is 0 Å². The maximum absolute atomic E-state index is 12.1. The van der Waals surface area contributed by atoms with Crippen molar-refractivity contribution in [3.05, 3.63) is 36.0 Å². The van der Waals surface area contributed by atoms with E-state index < -0.39 is 0 Å². The van der Waals surface area contributed by atoms with Crippen LogP contribution < -0.4 is 0 Å². The molecule has 3 nitrogen and oxygen atoms in total. The number of benzene rings is 1. The maximum Gasteiger partial charge on any atom is 0.225 e. The fourth-order valence-corrected chi connectivity index (χ4v) is 3.46. The number of para-hydroxylation sites is 1. The van der Waals surface area contributed by atoms with Crippen molar-refractivity contribution in [1.82, 2.24) is 9.47 Å². The average Bonchev–Trinajstić information content (AvgIpc) is 2.84. The van der Waals surface area contributed by atoms with Gasteiger partial charge in [-0.3, -0.25) is 4.79 Å². The fraction of sp³-hybridized carbons (Fsp3) is 0.500. The van der Waals surface area contributed by atoms with Crippen molar-refractivity contribution in [3.63, 3.8) is 0 Å². The van der Waals surface area contributed by atoms with Gasteiger partial charge in [-0.05, 0) is 30.4 Å². The van der Waals surface area contributed by atoms with E-state index in [0.717, 1.165) is 25.9 Å². The molecule has 0 atom stereocenters. The molecule has 0 N–H and O–H groups in total. The van der Waals surface area contributed by atoms with E-state index in [-0.39, 0.29) is 5.92 Å². The molecular formula is C18H24N2O. The first kappa shape index (κ1) is 14.2. The summed E-state index contributed by atoms with van der Waals surface area (Å²) in [4.78, 5) is 14.1. The van der Waals surface area contributed by atoms with Crippen LogP contribution in [-0.2, 0) is 11.8 Å². The predicted octanol–water partition coefficient (Wildman–Crippen LogP) is 3.54. The van der Waals surface area contributed by atoms with Gasteiger partial charge in [0.05, 0.1) is 0 Å². The summed E-state index contributed by atoms with van der Waals surface area (Å²) in [6.45, 7) is 5.75. The third kappa shape index (κ3) is 2.57. The Morgan fingerprint density at radius 2 is 1.86 bits per heavy atom. The van der Waals surface area contributed by atoms with Crippen LogP contribution in [0.5, 0.6) is 0 Å². The lowest BCUT2D eigenvalue weighted by Gasteiger charge is -2.33. The highest BCUT2D eigenvalue weighted by Gasteiger charge is 2.26. The summed E-state index contributed by atoms with van der Waals surface area (Å²) >= 11 is 0. The predicted molar refractivity (Wildman–Crippen MR) is 86.3 cm³/mol.